The number of hydrogen-bond acceptors (Lipinski definition) is 5. The Balaban J connectivity index is 0.00000341. The van der Waals surface area contributed by atoms with Crippen LogP contribution in [0.25, 0.3) is 0 Å². The first-order chi connectivity index (χ1) is 14.7. The van der Waals surface area contributed by atoms with Crippen molar-refractivity contribution in [3.63, 3.8) is 0 Å². The zero-order chi connectivity index (χ0) is 21.3. The first-order valence-electron chi connectivity index (χ1n) is 10.4. The molecule has 0 unspecified atom stereocenters. The summed E-state index contributed by atoms with van der Waals surface area (Å²) < 4.78 is 10.7. The highest BCUT2D eigenvalue weighted by molar-refractivity contribution is 14.0. The van der Waals surface area contributed by atoms with Gasteiger partial charge >= 0.3 is 0 Å². The molecule has 2 aromatic rings. The lowest BCUT2D eigenvalue weighted by Crippen LogP contribution is -2.52. The first-order valence-corrected chi connectivity index (χ1v) is 10.4. The number of phenols is 1. The highest BCUT2D eigenvalue weighted by atomic mass is 127. The molecule has 2 aromatic carbocycles. The molecule has 1 fully saturated rings. The van der Waals surface area contributed by atoms with Crippen LogP contribution in [-0.2, 0) is 6.42 Å². The molecule has 0 bridgehead atoms. The third kappa shape index (κ3) is 6.56. The quantitative estimate of drug-likeness (QED) is 0.319. The molecule has 2 N–H and O–H groups in total. The molecule has 8 heteroatoms. The summed E-state index contributed by atoms with van der Waals surface area (Å²) in [5.41, 5.74) is 2.06. The lowest BCUT2D eigenvalue weighted by atomic mass is 10.1. The van der Waals surface area contributed by atoms with Crippen molar-refractivity contribution < 1.29 is 14.6 Å². The number of guanidine groups is 1. The van der Waals surface area contributed by atoms with Crippen LogP contribution in [-0.4, -0.2) is 69.5 Å². The van der Waals surface area contributed by atoms with Crippen molar-refractivity contribution in [2.75, 3.05) is 58.4 Å². The van der Waals surface area contributed by atoms with Gasteiger partial charge in [0.15, 0.2) is 17.5 Å². The number of rotatable bonds is 7. The van der Waals surface area contributed by atoms with Gasteiger partial charge in [-0.3, -0.25) is 4.99 Å². The first kappa shape index (κ1) is 24.9. The summed E-state index contributed by atoms with van der Waals surface area (Å²) in [7, 11) is 3.29. The summed E-state index contributed by atoms with van der Waals surface area (Å²) in [6, 6.07) is 13.5. The Bertz CT molecular complexity index is 854. The monoisotopic (exact) mass is 540 g/mol. The Morgan fingerprint density at radius 3 is 2.39 bits per heavy atom. The SMILES string of the molecule is CCNC(=NCCc1ccc(OC)c(OC)c1)N1CCN(c2ccccc2O)CC1.I. The van der Waals surface area contributed by atoms with Crippen LogP contribution < -0.4 is 19.7 Å². The molecule has 7 nitrogen and oxygen atoms in total. The van der Waals surface area contributed by atoms with Gasteiger partial charge in [-0.1, -0.05) is 18.2 Å². The van der Waals surface area contributed by atoms with E-state index in [4.69, 9.17) is 14.5 Å². The minimum atomic E-state index is 0. The van der Waals surface area contributed by atoms with Crippen LogP contribution in [0.3, 0.4) is 0 Å². The maximum absolute atomic E-state index is 10.1. The van der Waals surface area contributed by atoms with E-state index in [0.29, 0.717) is 12.3 Å². The molecule has 0 aliphatic carbocycles. The Labute approximate surface area is 202 Å². The highest BCUT2D eigenvalue weighted by Gasteiger charge is 2.21. The number of piperazine rings is 1. The Morgan fingerprint density at radius 1 is 1.03 bits per heavy atom. The van der Waals surface area contributed by atoms with Crippen molar-refractivity contribution in [1.29, 1.82) is 0 Å². The minimum Gasteiger partial charge on any atom is -0.506 e. The number of benzene rings is 2. The molecule has 1 aliphatic heterocycles. The Morgan fingerprint density at radius 2 is 1.74 bits per heavy atom. The van der Waals surface area contributed by atoms with Crippen molar-refractivity contribution in [1.82, 2.24) is 10.2 Å². The van der Waals surface area contributed by atoms with Crippen molar-refractivity contribution >= 4 is 35.6 Å². The second kappa shape index (κ2) is 12.5. The van der Waals surface area contributed by atoms with Crippen molar-refractivity contribution in [2.24, 2.45) is 4.99 Å². The summed E-state index contributed by atoms with van der Waals surface area (Å²) in [5, 5.41) is 13.5. The number of aromatic hydroxyl groups is 1. The average molecular weight is 540 g/mol. The molecule has 0 aromatic heterocycles. The number of nitrogens with one attached hydrogen (secondary N) is 1. The fraction of sp³-hybridized carbons (Fsp3) is 0.435. The molecule has 1 heterocycles. The molecule has 0 radical (unpaired) electrons. The van der Waals surface area contributed by atoms with E-state index in [1.807, 2.05) is 30.3 Å². The number of ether oxygens (including phenoxy) is 2. The predicted octanol–water partition coefficient (Wildman–Crippen LogP) is 3.36. The van der Waals surface area contributed by atoms with Gasteiger partial charge in [-0.05, 0) is 43.2 Å². The minimum absolute atomic E-state index is 0. The second-order valence-corrected chi connectivity index (χ2v) is 7.14. The smallest absolute Gasteiger partial charge is 0.194 e. The maximum atomic E-state index is 10.1. The fourth-order valence-electron chi connectivity index (χ4n) is 3.64. The van der Waals surface area contributed by atoms with Crippen molar-refractivity contribution in [2.45, 2.75) is 13.3 Å². The molecule has 0 spiro atoms. The number of hydrogen-bond donors (Lipinski definition) is 2. The zero-order valence-corrected chi connectivity index (χ0v) is 20.8. The van der Waals surface area contributed by atoms with Gasteiger partial charge in [0.05, 0.1) is 19.9 Å². The molecule has 170 valence electrons. The van der Waals surface area contributed by atoms with Gasteiger partial charge in [0, 0.05) is 39.3 Å². The van der Waals surface area contributed by atoms with E-state index >= 15 is 0 Å². The van der Waals surface area contributed by atoms with Crippen LogP contribution in [0.2, 0.25) is 0 Å². The van der Waals surface area contributed by atoms with Gasteiger partial charge in [-0.15, -0.1) is 24.0 Å². The van der Waals surface area contributed by atoms with Gasteiger partial charge < -0.3 is 29.7 Å². The van der Waals surface area contributed by atoms with E-state index in [0.717, 1.165) is 67.9 Å². The molecule has 31 heavy (non-hydrogen) atoms. The molecular weight excluding hydrogens is 507 g/mol. The number of halogens is 1. The molecule has 0 saturated carbocycles. The summed E-state index contributed by atoms with van der Waals surface area (Å²) >= 11 is 0. The molecule has 1 saturated heterocycles. The lowest BCUT2D eigenvalue weighted by molar-refractivity contribution is 0.354. The van der Waals surface area contributed by atoms with E-state index in [2.05, 4.69) is 28.1 Å². The summed E-state index contributed by atoms with van der Waals surface area (Å²) in [6.07, 6.45) is 0.826. The maximum Gasteiger partial charge on any atom is 0.194 e. The molecule has 0 amide bonds. The summed E-state index contributed by atoms with van der Waals surface area (Å²) in [5.74, 6) is 2.75. The van der Waals surface area contributed by atoms with Crippen LogP contribution >= 0.6 is 24.0 Å². The lowest BCUT2D eigenvalue weighted by Gasteiger charge is -2.37. The van der Waals surface area contributed by atoms with E-state index in [9.17, 15) is 5.11 Å². The number of phenolic OH excluding ortho intramolecular Hbond substituents is 1. The van der Waals surface area contributed by atoms with E-state index in [-0.39, 0.29) is 24.0 Å². The number of para-hydroxylation sites is 2. The van der Waals surface area contributed by atoms with Crippen LogP contribution in [0, 0.1) is 0 Å². The van der Waals surface area contributed by atoms with Gasteiger partial charge in [0.2, 0.25) is 0 Å². The van der Waals surface area contributed by atoms with Crippen LogP contribution in [0.1, 0.15) is 12.5 Å². The molecule has 3 rings (SSSR count). The van der Waals surface area contributed by atoms with Crippen LogP contribution in [0.4, 0.5) is 5.69 Å². The normalized spacial score (nSPS) is 14.1. The summed E-state index contributed by atoms with van der Waals surface area (Å²) in [6.45, 7) is 7.01. The van der Waals surface area contributed by atoms with E-state index < -0.39 is 0 Å². The van der Waals surface area contributed by atoms with Crippen LogP contribution in [0.5, 0.6) is 17.2 Å². The fourth-order valence-corrected chi connectivity index (χ4v) is 3.64. The Kier molecular flexibility index (Phi) is 10.0. The van der Waals surface area contributed by atoms with Crippen molar-refractivity contribution in [3.8, 4) is 17.2 Å². The third-order valence-electron chi connectivity index (χ3n) is 5.25. The Hall–Kier alpha value is -2.36. The van der Waals surface area contributed by atoms with Crippen LogP contribution in [0.15, 0.2) is 47.5 Å². The number of anilines is 1. The van der Waals surface area contributed by atoms with Gasteiger partial charge in [0.1, 0.15) is 5.75 Å². The van der Waals surface area contributed by atoms with E-state index in [1.54, 1.807) is 20.3 Å². The summed E-state index contributed by atoms with van der Waals surface area (Å²) in [4.78, 5) is 9.34. The number of aliphatic imine (C=N–C) groups is 1. The molecular formula is C23H33IN4O3. The van der Waals surface area contributed by atoms with Gasteiger partial charge in [0.25, 0.3) is 0 Å². The number of nitrogens with zero attached hydrogens (tertiary/aromatic N) is 3. The van der Waals surface area contributed by atoms with E-state index in [1.165, 1.54) is 0 Å². The van der Waals surface area contributed by atoms with Gasteiger partial charge in [-0.25, -0.2) is 0 Å². The topological polar surface area (TPSA) is 69.6 Å². The third-order valence-corrected chi connectivity index (χ3v) is 5.25. The molecule has 0 atom stereocenters. The predicted molar refractivity (Wildman–Crippen MR) is 137 cm³/mol. The van der Waals surface area contributed by atoms with Crippen molar-refractivity contribution in [3.05, 3.63) is 48.0 Å². The standard InChI is InChI=1S/C23H32N4O3.HI/c1-4-24-23(25-12-11-18-9-10-21(29-2)22(17-18)30-3)27-15-13-26(14-16-27)19-7-5-6-8-20(19)28;/h5-10,17,28H,4,11-16H2,1-3H3,(H,24,25);1H. The van der Waals surface area contributed by atoms with Gasteiger partial charge in [-0.2, -0.15) is 0 Å². The zero-order valence-electron chi connectivity index (χ0n) is 18.5. The average Bonchev–Trinajstić information content (AvgIpc) is 2.79. The highest BCUT2D eigenvalue weighted by Crippen LogP contribution is 2.28. The second-order valence-electron chi connectivity index (χ2n) is 7.14. The largest absolute Gasteiger partial charge is 0.506 e. The molecule has 1 aliphatic rings. The number of methoxy groups -OCH3 is 2.